The van der Waals surface area contributed by atoms with Gasteiger partial charge in [-0.05, 0) is 24.3 Å². The number of aromatic nitrogens is 2. The SMILES string of the molecule is Nc1nc(N2CCN(C3CCCC3)CC2)c2ccsc2n1. The molecule has 21 heavy (non-hydrogen) atoms. The number of hydrogen-bond donors (Lipinski definition) is 1. The third kappa shape index (κ3) is 2.46. The molecule has 1 saturated carbocycles. The van der Waals surface area contributed by atoms with Crippen molar-refractivity contribution < 1.29 is 0 Å². The van der Waals surface area contributed by atoms with Gasteiger partial charge in [0, 0.05) is 32.2 Å². The van der Waals surface area contributed by atoms with Crippen LogP contribution in [-0.4, -0.2) is 47.1 Å². The lowest BCUT2D eigenvalue weighted by Gasteiger charge is -2.38. The molecule has 2 N–H and O–H groups in total. The minimum atomic E-state index is 0.387. The monoisotopic (exact) mass is 303 g/mol. The van der Waals surface area contributed by atoms with E-state index in [4.69, 9.17) is 5.73 Å². The quantitative estimate of drug-likeness (QED) is 0.923. The highest BCUT2D eigenvalue weighted by atomic mass is 32.1. The molecule has 6 heteroatoms. The van der Waals surface area contributed by atoms with Crippen LogP contribution in [0.5, 0.6) is 0 Å². The van der Waals surface area contributed by atoms with Crippen molar-refractivity contribution in [3.8, 4) is 0 Å². The van der Waals surface area contributed by atoms with Gasteiger partial charge >= 0.3 is 0 Å². The minimum Gasteiger partial charge on any atom is -0.368 e. The molecule has 2 aromatic heterocycles. The van der Waals surface area contributed by atoms with E-state index in [1.807, 2.05) is 0 Å². The first kappa shape index (κ1) is 13.3. The number of rotatable bonds is 2. The molecule has 112 valence electrons. The number of nitrogens with zero attached hydrogens (tertiary/aromatic N) is 4. The van der Waals surface area contributed by atoms with Crippen molar-refractivity contribution in [1.29, 1.82) is 0 Å². The Kier molecular flexibility index (Phi) is 3.43. The van der Waals surface area contributed by atoms with Gasteiger partial charge in [-0.15, -0.1) is 11.3 Å². The number of piperazine rings is 1. The fraction of sp³-hybridized carbons (Fsp3) is 0.600. The van der Waals surface area contributed by atoms with Crippen LogP contribution in [0.2, 0.25) is 0 Å². The van der Waals surface area contributed by atoms with Gasteiger partial charge in [0.25, 0.3) is 0 Å². The summed E-state index contributed by atoms with van der Waals surface area (Å²) in [6, 6.07) is 2.93. The first-order valence-corrected chi connectivity index (χ1v) is 8.69. The van der Waals surface area contributed by atoms with E-state index in [0.717, 1.165) is 48.3 Å². The fourth-order valence-electron chi connectivity index (χ4n) is 3.67. The number of nitrogens with two attached hydrogens (primary N) is 1. The van der Waals surface area contributed by atoms with Gasteiger partial charge in [-0.2, -0.15) is 4.98 Å². The highest BCUT2D eigenvalue weighted by molar-refractivity contribution is 7.16. The van der Waals surface area contributed by atoms with Crippen LogP contribution in [0.15, 0.2) is 11.4 Å². The number of thiophene rings is 1. The summed E-state index contributed by atoms with van der Waals surface area (Å²) in [5.41, 5.74) is 5.86. The molecule has 0 spiro atoms. The topological polar surface area (TPSA) is 58.3 Å². The normalized spacial score (nSPS) is 21.4. The molecular weight excluding hydrogens is 282 g/mol. The van der Waals surface area contributed by atoms with Crippen LogP contribution in [0.25, 0.3) is 10.2 Å². The third-order valence-corrected chi connectivity index (χ3v) is 5.58. The smallest absolute Gasteiger partial charge is 0.223 e. The lowest BCUT2D eigenvalue weighted by molar-refractivity contribution is 0.187. The van der Waals surface area contributed by atoms with Crippen molar-refractivity contribution in [3.63, 3.8) is 0 Å². The second-order valence-electron chi connectivity index (χ2n) is 6.01. The van der Waals surface area contributed by atoms with Crippen molar-refractivity contribution >= 4 is 33.3 Å². The molecule has 2 aromatic rings. The van der Waals surface area contributed by atoms with Crippen LogP contribution in [0.3, 0.4) is 0 Å². The first-order valence-electron chi connectivity index (χ1n) is 7.81. The summed E-state index contributed by atoms with van der Waals surface area (Å²) in [6.45, 7) is 4.36. The van der Waals surface area contributed by atoms with Crippen molar-refractivity contribution in [1.82, 2.24) is 14.9 Å². The molecule has 0 aromatic carbocycles. The van der Waals surface area contributed by atoms with Crippen LogP contribution in [-0.2, 0) is 0 Å². The molecule has 1 saturated heterocycles. The zero-order chi connectivity index (χ0) is 14.2. The predicted octanol–water partition coefficient (Wildman–Crippen LogP) is 2.34. The summed E-state index contributed by atoms with van der Waals surface area (Å²) in [7, 11) is 0. The average molecular weight is 303 g/mol. The van der Waals surface area contributed by atoms with Gasteiger partial charge in [-0.1, -0.05) is 12.8 Å². The maximum absolute atomic E-state index is 5.86. The number of hydrogen-bond acceptors (Lipinski definition) is 6. The Morgan fingerprint density at radius 2 is 1.86 bits per heavy atom. The van der Waals surface area contributed by atoms with Gasteiger partial charge < -0.3 is 10.6 Å². The molecule has 0 unspecified atom stereocenters. The van der Waals surface area contributed by atoms with E-state index in [1.54, 1.807) is 11.3 Å². The van der Waals surface area contributed by atoms with E-state index >= 15 is 0 Å². The van der Waals surface area contributed by atoms with E-state index in [-0.39, 0.29) is 0 Å². The zero-order valence-corrected chi connectivity index (χ0v) is 13.0. The zero-order valence-electron chi connectivity index (χ0n) is 12.2. The number of anilines is 2. The molecule has 1 aliphatic carbocycles. The maximum Gasteiger partial charge on any atom is 0.223 e. The van der Waals surface area contributed by atoms with Crippen LogP contribution in [0, 0.1) is 0 Å². The molecule has 3 heterocycles. The van der Waals surface area contributed by atoms with Gasteiger partial charge in [-0.3, -0.25) is 4.90 Å². The fourth-order valence-corrected chi connectivity index (χ4v) is 4.43. The lowest BCUT2D eigenvalue weighted by atomic mass is 10.2. The molecule has 2 aliphatic rings. The van der Waals surface area contributed by atoms with Crippen LogP contribution in [0.1, 0.15) is 25.7 Å². The molecular formula is C15H21N5S. The summed E-state index contributed by atoms with van der Waals surface area (Å²) in [4.78, 5) is 14.9. The van der Waals surface area contributed by atoms with Crippen molar-refractivity contribution in [2.75, 3.05) is 36.8 Å². The van der Waals surface area contributed by atoms with Crippen molar-refractivity contribution in [2.24, 2.45) is 0 Å². The predicted molar refractivity (Wildman–Crippen MR) is 87.9 cm³/mol. The summed E-state index contributed by atoms with van der Waals surface area (Å²) in [6.07, 6.45) is 5.58. The Morgan fingerprint density at radius 3 is 2.62 bits per heavy atom. The largest absolute Gasteiger partial charge is 0.368 e. The number of fused-ring (bicyclic) bond motifs is 1. The average Bonchev–Trinajstić information content (AvgIpc) is 3.17. The minimum absolute atomic E-state index is 0.387. The van der Waals surface area contributed by atoms with Crippen LogP contribution < -0.4 is 10.6 Å². The summed E-state index contributed by atoms with van der Waals surface area (Å²) in [5.74, 6) is 1.41. The van der Waals surface area contributed by atoms with Crippen molar-refractivity contribution in [3.05, 3.63) is 11.4 Å². The second kappa shape index (κ2) is 5.42. The van der Waals surface area contributed by atoms with Gasteiger partial charge in [0.2, 0.25) is 5.95 Å². The van der Waals surface area contributed by atoms with Gasteiger partial charge in [0.05, 0.1) is 5.39 Å². The standard InChI is InChI=1S/C15H21N5S/c16-15-17-13(12-5-10-21-14(12)18-15)20-8-6-19(7-9-20)11-3-1-2-4-11/h5,10-11H,1-4,6-9H2,(H2,16,17,18). The number of nitrogen functional groups attached to an aromatic ring is 1. The van der Waals surface area contributed by atoms with E-state index < -0.39 is 0 Å². The Balaban J connectivity index is 1.53. The molecule has 4 rings (SSSR count). The maximum atomic E-state index is 5.86. The van der Waals surface area contributed by atoms with Crippen LogP contribution in [0.4, 0.5) is 11.8 Å². The Morgan fingerprint density at radius 1 is 1.10 bits per heavy atom. The van der Waals surface area contributed by atoms with Gasteiger partial charge in [0.15, 0.2) is 0 Å². The van der Waals surface area contributed by atoms with Crippen LogP contribution >= 0.6 is 11.3 Å². The molecule has 5 nitrogen and oxygen atoms in total. The molecule has 0 atom stereocenters. The Bertz CT molecular complexity index is 626. The molecule has 0 bridgehead atoms. The summed E-state index contributed by atoms with van der Waals surface area (Å²) < 4.78 is 0. The Hall–Kier alpha value is -1.40. The lowest BCUT2D eigenvalue weighted by Crippen LogP contribution is -2.50. The molecule has 1 aliphatic heterocycles. The van der Waals surface area contributed by atoms with E-state index in [2.05, 4.69) is 31.2 Å². The summed E-state index contributed by atoms with van der Waals surface area (Å²) >= 11 is 1.63. The first-order chi connectivity index (χ1) is 10.3. The second-order valence-corrected chi connectivity index (χ2v) is 6.90. The third-order valence-electron chi connectivity index (χ3n) is 4.78. The molecule has 2 fully saturated rings. The summed E-state index contributed by atoms with van der Waals surface area (Å²) in [5, 5.41) is 3.21. The van der Waals surface area contributed by atoms with E-state index in [0.29, 0.717) is 5.95 Å². The highest BCUT2D eigenvalue weighted by Gasteiger charge is 2.27. The molecule has 0 amide bonds. The molecule has 0 radical (unpaired) electrons. The van der Waals surface area contributed by atoms with Gasteiger partial charge in [0.1, 0.15) is 10.6 Å². The Labute approximate surface area is 128 Å². The van der Waals surface area contributed by atoms with Crippen molar-refractivity contribution in [2.45, 2.75) is 31.7 Å². The highest BCUT2D eigenvalue weighted by Crippen LogP contribution is 2.30. The van der Waals surface area contributed by atoms with Gasteiger partial charge in [-0.25, -0.2) is 4.98 Å². The van der Waals surface area contributed by atoms with E-state index in [1.165, 1.54) is 25.7 Å². The van der Waals surface area contributed by atoms with E-state index in [9.17, 15) is 0 Å².